The number of nitrogens with zero attached hydrogens (tertiary/aromatic N) is 3. The molecule has 0 aromatic heterocycles. The van der Waals surface area contributed by atoms with Crippen molar-refractivity contribution in [3.8, 4) is 0 Å². The summed E-state index contributed by atoms with van der Waals surface area (Å²) in [6.07, 6.45) is 4.51. The van der Waals surface area contributed by atoms with Crippen molar-refractivity contribution in [2.45, 2.75) is 18.9 Å². The van der Waals surface area contributed by atoms with Gasteiger partial charge in [-0.1, -0.05) is 30.3 Å². The molecule has 1 unspecified atom stereocenters. The predicted octanol–water partition coefficient (Wildman–Crippen LogP) is 2.44. The number of carbonyl (C=O) groups is 1. The molecule has 5 heteroatoms. The van der Waals surface area contributed by atoms with Crippen LogP contribution in [0.3, 0.4) is 0 Å². The Kier molecular flexibility index (Phi) is 3.76. The zero-order valence-electron chi connectivity index (χ0n) is 12.4. The molecule has 4 rings (SSSR count). The molecule has 1 amide bonds. The van der Waals surface area contributed by atoms with Crippen molar-refractivity contribution in [1.29, 1.82) is 0 Å². The van der Waals surface area contributed by atoms with Crippen molar-refractivity contribution in [1.82, 2.24) is 9.80 Å². The van der Waals surface area contributed by atoms with E-state index >= 15 is 0 Å². The van der Waals surface area contributed by atoms with Gasteiger partial charge in [0.2, 0.25) is 0 Å². The quantitative estimate of drug-likeness (QED) is 0.746. The zero-order valence-corrected chi connectivity index (χ0v) is 13.3. The zero-order chi connectivity index (χ0) is 14.9. The number of fused-ring (bicyclic) bond motifs is 1. The molecule has 0 bridgehead atoms. The molecule has 4 nitrogen and oxygen atoms in total. The van der Waals surface area contributed by atoms with Gasteiger partial charge in [0.15, 0.2) is 5.17 Å². The van der Waals surface area contributed by atoms with Gasteiger partial charge in [0, 0.05) is 25.7 Å². The molecular weight excluding hydrogens is 294 g/mol. The average molecular weight is 313 g/mol. The third kappa shape index (κ3) is 2.71. The second-order valence-corrected chi connectivity index (χ2v) is 7.01. The smallest absolute Gasteiger partial charge is 0.286 e. The van der Waals surface area contributed by atoms with E-state index in [9.17, 15) is 4.79 Å². The predicted molar refractivity (Wildman–Crippen MR) is 90.6 cm³/mol. The first kappa shape index (κ1) is 14.0. The van der Waals surface area contributed by atoms with Gasteiger partial charge in [-0.15, -0.1) is 0 Å². The summed E-state index contributed by atoms with van der Waals surface area (Å²) in [6, 6.07) is 10.6. The van der Waals surface area contributed by atoms with E-state index in [2.05, 4.69) is 14.8 Å². The van der Waals surface area contributed by atoms with Gasteiger partial charge >= 0.3 is 0 Å². The fourth-order valence-electron chi connectivity index (χ4n) is 3.40. The molecule has 2 fully saturated rings. The molecule has 0 saturated carbocycles. The SMILES string of the molecule is O=C1N=C(N2CCN3CCCC3C2)S/C1=C/c1ccccc1. The van der Waals surface area contributed by atoms with Gasteiger partial charge in [0.1, 0.15) is 0 Å². The number of aliphatic imine (C=N–C) groups is 1. The van der Waals surface area contributed by atoms with Gasteiger partial charge < -0.3 is 4.90 Å². The molecule has 1 atom stereocenters. The number of benzene rings is 1. The fraction of sp³-hybridized carbons (Fsp3) is 0.412. The molecule has 114 valence electrons. The summed E-state index contributed by atoms with van der Waals surface area (Å²) in [5.74, 6) is -0.0993. The van der Waals surface area contributed by atoms with Crippen molar-refractivity contribution < 1.29 is 4.79 Å². The minimum absolute atomic E-state index is 0.0993. The van der Waals surface area contributed by atoms with Gasteiger partial charge in [-0.3, -0.25) is 9.69 Å². The normalized spacial score (nSPS) is 27.4. The third-order valence-corrected chi connectivity index (χ3v) is 5.61. The van der Waals surface area contributed by atoms with Gasteiger partial charge in [0.25, 0.3) is 5.91 Å². The van der Waals surface area contributed by atoms with Crippen LogP contribution in [0.5, 0.6) is 0 Å². The highest BCUT2D eigenvalue weighted by atomic mass is 32.2. The van der Waals surface area contributed by atoms with Crippen LogP contribution in [-0.4, -0.2) is 53.1 Å². The maximum absolute atomic E-state index is 12.1. The summed E-state index contributed by atoms with van der Waals surface area (Å²) in [6.45, 7) is 4.32. The summed E-state index contributed by atoms with van der Waals surface area (Å²) < 4.78 is 0. The summed E-state index contributed by atoms with van der Waals surface area (Å²) >= 11 is 1.52. The van der Waals surface area contributed by atoms with Crippen LogP contribution in [0.25, 0.3) is 6.08 Å². The van der Waals surface area contributed by atoms with Gasteiger partial charge in [-0.25, -0.2) is 0 Å². The largest absolute Gasteiger partial charge is 0.348 e. The molecule has 22 heavy (non-hydrogen) atoms. The monoisotopic (exact) mass is 313 g/mol. The van der Waals surface area contributed by atoms with E-state index in [1.54, 1.807) is 0 Å². The van der Waals surface area contributed by atoms with Crippen LogP contribution in [0.1, 0.15) is 18.4 Å². The molecule has 1 aromatic carbocycles. The van der Waals surface area contributed by atoms with Crippen LogP contribution in [0, 0.1) is 0 Å². The van der Waals surface area contributed by atoms with E-state index in [1.165, 1.54) is 31.1 Å². The summed E-state index contributed by atoms with van der Waals surface area (Å²) in [5, 5.41) is 0.888. The molecule has 0 spiro atoms. The van der Waals surface area contributed by atoms with Crippen molar-refractivity contribution in [2.24, 2.45) is 4.99 Å². The fourth-order valence-corrected chi connectivity index (χ4v) is 4.35. The van der Waals surface area contributed by atoms with E-state index in [4.69, 9.17) is 0 Å². The molecule has 3 heterocycles. The molecule has 3 aliphatic heterocycles. The van der Waals surface area contributed by atoms with Crippen LogP contribution in [-0.2, 0) is 4.79 Å². The Bertz CT molecular complexity index is 641. The number of thioether (sulfide) groups is 1. The average Bonchev–Trinajstić information content (AvgIpc) is 3.15. The first-order valence-corrected chi connectivity index (χ1v) is 8.68. The molecule has 0 aliphatic carbocycles. The molecule has 0 radical (unpaired) electrons. The van der Waals surface area contributed by atoms with Crippen molar-refractivity contribution >= 4 is 28.9 Å². The number of hydrogen-bond donors (Lipinski definition) is 0. The molecular formula is C17H19N3OS. The van der Waals surface area contributed by atoms with Crippen molar-refractivity contribution in [3.05, 3.63) is 40.8 Å². The van der Waals surface area contributed by atoms with E-state index in [0.29, 0.717) is 6.04 Å². The maximum Gasteiger partial charge on any atom is 0.286 e. The highest BCUT2D eigenvalue weighted by Gasteiger charge is 2.34. The summed E-state index contributed by atoms with van der Waals surface area (Å²) in [5.41, 5.74) is 1.05. The molecule has 3 aliphatic rings. The second kappa shape index (κ2) is 5.89. The minimum atomic E-state index is -0.0993. The highest BCUT2D eigenvalue weighted by molar-refractivity contribution is 8.18. The topological polar surface area (TPSA) is 35.9 Å². The van der Waals surface area contributed by atoms with Crippen LogP contribution >= 0.6 is 11.8 Å². The molecule has 1 aromatic rings. The van der Waals surface area contributed by atoms with Crippen LogP contribution in [0.4, 0.5) is 0 Å². The second-order valence-electron chi connectivity index (χ2n) is 6.00. The van der Waals surface area contributed by atoms with Crippen LogP contribution in [0.15, 0.2) is 40.2 Å². The van der Waals surface area contributed by atoms with Gasteiger partial charge in [-0.2, -0.15) is 4.99 Å². The Labute approximate surface area is 134 Å². The minimum Gasteiger partial charge on any atom is -0.348 e. The standard InChI is InChI=1S/C17H19N3OS/c21-16-15(11-13-5-2-1-3-6-13)22-17(18-16)20-10-9-19-8-4-7-14(19)12-20/h1-3,5-6,11,14H,4,7-10,12H2/b15-11+. The van der Waals surface area contributed by atoms with Crippen molar-refractivity contribution in [3.63, 3.8) is 0 Å². The Morgan fingerprint density at radius 1 is 1.18 bits per heavy atom. The lowest BCUT2D eigenvalue weighted by atomic mass is 10.2. The first-order valence-electron chi connectivity index (χ1n) is 7.86. The Morgan fingerprint density at radius 3 is 2.91 bits per heavy atom. The number of carbonyl (C=O) groups excluding carboxylic acids is 1. The molecule has 0 N–H and O–H groups in total. The number of amidine groups is 1. The van der Waals surface area contributed by atoms with Gasteiger partial charge in [0.05, 0.1) is 4.91 Å². The Hall–Kier alpha value is -1.59. The number of piperazine rings is 1. The van der Waals surface area contributed by atoms with E-state index in [1.807, 2.05) is 36.4 Å². The Morgan fingerprint density at radius 2 is 2.05 bits per heavy atom. The van der Waals surface area contributed by atoms with E-state index < -0.39 is 0 Å². The van der Waals surface area contributed by atoms with Crippen molar-refractivity contribution in [2.75, 3.05) is 26.2 Å². The number of hydrogen-bond acceptors (Lipinski definition) is 4. The Balaban J connectivity index is 1.47. The van der Waals surface area contributed by atoms with Crippen LogP contribution in [0.2, 0.25) is 0 Å². The highest BCUT2D eigenvalue weighted by Crippen LogP contribution is 2.32. The number of rotatable bonds is 1. The van der Waals surface area contributed by atoms with E-state index in [0.717, 1.165) is 35.3 Å². The summed E-state index contributed by atoms with van der Waals surface area (Å²) in [7, 11) is 0. The van der Waals surface area contributed by atoms with Crippen LogP contribution < -0.4 is 0 Å². The first-order chi connectivity index (χ1) is 10.8. The third-order valence-electron chi connectivity index (χ3n) is 4.56. The molecule has 2 saturated heterocycles. The lowest BCUT2D eigenvalue weighted by Gasteiger charge is -2.38. The van der Waals surface area contributed by atoms with E-state index in [-0.39, 0.29) is 5.91 Å². The van der Waals surface area contributed by atoms with Gasteiger partial charge in [-0.05, 0) is 42.8 Å². The summed E-state index contributed by atoms with van der Waals surface area (Å²) in [4.78, 5) is 22.0. The lowest BCUT2D eigenvalue weighted by Crippen LogP contribution is -2.51. The maximum atomic E-state index is 12.1. The number of amides is 1. The lowest BCUT2D eigenvalue weighted by molar-refractivity contribution is -0.113.